The van der Waals surface area contributed by atoms with Crippen molar-refractivity contribution >= 4 is 17.4 Å². The van der Waals surface area contributed by atoms with Gasteiger partial charge in [0, 0.05) is 37.1 Å². The van der Waals surface area contributed by atoms with E-state index >= 15 is 0 Å². The maximum atomic E-state index is 12.3. The van der Waals surface area contributed by atoms with E-state index in [0.29, 0.717) is 12.5 Å². The zero-order valence-corrected chi connectivity index (χ0v) is 13.1. The number of para-hydroxylation sites is 1. The molecule has 0 radical (unpaired) electrons. The second-order valence-electron chi connectivity index (χ2n) is 5.60. The van der Waals surface area contributed by atoms with Crippen molar-refractivity contribution in [2.24, 2.45) is 5.92 Å². The minimum Gasteiger partial charge on any atom is -0.369 e. The highest BCUT2D eigenvalue weighted by molar-refractivity contribution is 8.00. The first kappa shape index (κ1) is 16.5. The van der Waals surface area contributed by atoms with Gasteiger partial charge in [0.2, 0.25) is 0 Å². The zero-order chi connectivity index (χ0) is 15.5. The minimum absolute atomic E-state index is 0.0562. The van der Waals surface area contributed by atoms with E-state index in [4.69, 9.17) is 0 Å². The van der Waals surface area contributed by atoms with E-state index < -0.39 is 5.51 Å². The van der Waals surface area contributed by atoms with Crippen LogP contribution in [0.1, 0.15) is 19.4 Å². The van der Waals surface area contributed by atoms with Crippen LogP contribution in [0.5, 0.6) is 0 Å². The number of rotatable bonds is 4. The number of anilines is 1. The van der Waals surface area contributed by atoms with Crippen molar-refractivity contribution < 1.29 is 13.2 Å². The predicted molar refractivity (Wildman–Crippen MR) is 82.6 cm³/mol. The van der Waals surface area contributed by atoms with Crippen molar-refractivity contribution in [2.75, 3.05) is 23.7 Å². The van der Waals surface area contributed by atoms with Gasteiger partial charge in [0.15, 0.2) is 0 Å². The minimum atomic E-state index is -4.15. The van der Waals surface area contributed by atoms with Crippen LogP contribution in [0.2, 0.25) is 0 Å². The number of halogens is 3. The normalized spacial score (nSPS) is 19.5. The molecule has 0 aromatic heterocycles. The Morgan fingerprint density at radius 1 is 1.33 bits per heavy atom. The lowest BCUT2D eigenvalue weighted by molar-refractivity contribution is -0.0327. The van der Waals surface area contributed by atoms with Gasteiger partial charge in [-0.25, -0.2) is 0 Å². The van der Waals surface area contributed by atoms with Crippen molar-refractivity contribution in [3.05, 3.63) is 29.8 Å². The fraction of sp³-hybridized carbons (Fsp3) is 0.600. The average molecular weight is 318 g/mol. The van der Waals surface area contributed by atoms with Crippen LogP contribution < -0.4 is 10.2 Å². The van der Waals surface area contributed by atoms with E-state index in [-0.39, 0.29) is 23.6 Å². The maximum absolute atomic E-state index is 12.3. The quantitative estimate of drug-likeness (QED) is 0.907. The number of nitrogens with zero attached hydrogens (tertiary/aromatic N) is 1. The molecule has 1 N–H and O–H groups in total. The van der Waals surface area contributed by atoms with E-state index in [0.717, 1.165) is 24.3 Å². The highest BCUT2D eigenvalue weighted by Crippen LogP contribution is 2.31. The first-order valence-corrected chi connectivity index (χ1v) is 8.12. The summed E-state index contributed by atoms with van der Waals surface area (Å²) in [6.07, 6.45) is 0. The average Bonchev–Trinajstić information content (AvgIpc) is 2.58. The predicted octanol–water partition coefficient (Wildman–Crippen LogP) is 3.87. The second kappa shape index (κ2) is 6.92. The van der Waals surface area contributed by atoms with Crippen LogP contribution in [0.15, 0.2) is 24.3 Å². The number of hydrogen-bond donors (Lipinski definition) is 1. The number of alkyl halides is 3. The number of fused-ring (bicyclic) bond motifs is 1. The van der Waals surface area contributed by atoms with Crippen molar-refractivity contribution in [3.8, 4) is 0 Å². The molecule has 1 unspecified atom stereocenters. The summed E-state index contributed by atoms with van der Waals surface area (Å²) in [6.45, 7) is 6.19. The lowest BCUT2D eigenvalue weighted by Crippen LogP contribution is -2.42. The van der Waals surface area contributed by atoms with Gasteiger partial charge in [0.05, 0.1) is 0 Å². The molecule has 2 rings (SSSR count). The third-order valence-electron chi connectivity index (χ3n) is 3.74. The molecular weight excluding hydrogens is 297 g/mol. The third-order valence-corrected chi connectivity index (χ3v) is 4.45. The van der Waals surface area contributed by atoms with Crippen molar-refractivity contribution in [1.29, 1.82) is 0 Å². The Kier molecular flexibility index (Phi) is 5.43. The van der Waals surface area contributed by atoms with Crippen LogP contribution in [0, 0.1) is 5.92 Å². The molecule has 6 heteroatoms. The molecule has 0 aliphatic carbocycles. The Hall–Kier alpha value is -0.880. The van der Waals surface area contributed by atoms with E-state index in [1.165, 1.54) is 0 Å². The Bertz CT molecular complexity index is 462. The first-order valence-electron chi connectivity index (χ1n) is 7.14. The standard InChI is InChI=1S/C15H21F3N2S/c1-11(2)13-10-20(7-8-21-15(16,17)18)14-6-4-3-5-12(14)9-19-13/h3-6,11,13,19H,7-10H2,1-2H3. The fourth-order valence-electron chi connectivity index (χ4n) is 2.54. The maximum Gasteiger partial charge on any atom is 0.441 e. The lowest BCUT2D eigenvalue weighted by atomic mass is 10.0. The van der Waals surface area contributed by atoms with Crippen LogP contribution in [-0.4, -0.2) is 30.4 Å². The summed E-state index contributed by atoms with van der Waals surface area (Å²) >= 11 is 0.0562. The topological polar surface area (TPSA) is 15.3 Å². The number of hydrogen-bond acceptors (Lipinski definition) is 3. The molecule has 1 aromatic carbocycles. The molecule has 21 heavy (non-hydrogen) atoms. The number of nitrogens with one attached hydrogen (secondary N) is 1. The van der Waals surface area contributed by atoms with E-state index in [1.807, 2.05) is 24.3 Å². The zero-order valence-electron chi connectivity index (χ0n) is 12.3. The molecule has 1 heterocycles. The van der Waals surface area contributed by atoms with E-state index in [9.17, 15) is 13.2 Å². The SMILES string of the molecule is CC(C)C1CN(CCSC(F)(F)F)c2ccccc2CN1. The van der Waals surface area contributed by atoms with Crippen LogP contribution in [0.4, 0.5) is 18.9 Å². The molecule has 0 spiro atoms. The van der Waals surface area contributed by atoms with Crippen LogP contribution >= 0.6 is 11.8 Å². The molecule has 0 saturated heterocycles. The molecule has 1 aliphatic rings. The summed E-state index contributed by atoms with van der Waals surface area (Å²) in [4.78, 5) is 2.08. The fourth-order valence-corrected chi connectivity index (χ4v) is 3.08. The molecule has 1 aromatic rings. The molecule has 0 amide bonds. The van der Waals surface area contributed by atoms with Crippen molar-refractivity contribution in [2.45, 2.75) is 31.9 Å². The monoisotopic (exact) mass is 318 g/mol. The summed E-state index contributed by atoms with van der Waals surface area (Å²) in [5.74, 6) is 0.500. The molecule has 118 valence electrons. The molecular formula is C15H21F3N2S. The van der Waals surface area contributed by atoms with Crippen molar-refractivity contribution in [3.63, 3.8) is 0 Å². The van der Waals surface area contributed by atoms with Gasteiger partial charge in [-0.15, -0.1) is 0 Å². The third kappa shape index (κ3) is 4.81. The lowest BCUT2D eigenvalue weighted by Gasteiger charge is -2.29. The number of benzene rings is 1. The highest BCUT2D eigenvalue weighted by Gasteiger charge is 2.29. The summed E-state index contributed by atoms with van der Waals surface area (Å²) in [5.41, 5.74) is -1.95. The largest absolute Gasteiger partial charge is 0.441 e. The van der Waals surface area contributed by atoms with Gasteiger partial charge in [-0.2, -0.15) is 13.2 Å². The summed E-state index contributed by atoms with van der Waals surface area (Å²) in [6, 6.07) is 8.23. The van der Waals surface area contributed by atoms with Crippen LogP contribution in [0.25, 0.3) is 0 Å². The van der Waals surface area contributed by atoms with Gasteiger partial charge >= 0.3 is 5.51 Å². The van der Waals surface area contributed by atoms with Gasteiger partial charge < -0.3 is 10.2 Å². The number of thioether (sulfide) groups is 1. The molecule has 0 fully saturated rings. The van der Waals surface area contributed by atoms with Gasteiger partial charge in [-0.3, -0.25) is 0 Å². The molecule has 2 nitrogen and oxygen atoms in total. The summed E-state index contributed by atoms with van der Waals surface area (Å²) in [7, 11) is 0. The van der Waals surface area contributed by atoms with Crippen molar-refractivity contribution in [1.82, 2.24) is 5.32 Å². The summed E-state index contributed by atoms with van der Waals surface area (Å²) in [5, 5.41) is 3.50. The second-order valence-corrected chi connectivity index (χ2v) is 6.76. The Labute approximate surface area is 128 Å². The Morgan fingerprint density at radius 3 is 2.71 bits per heavy atom. The summed E-state index contributed by atoms with van der Waals surface area (Å²) < 4.78 is 37.0. The molecule has 1 aliphatic heterocycles. The smallest absolute Gasteiger partial charge is 0.369 e. The van der Waals surface area contributed by atoms with Gasteiger partial charge in [0.1, 0.15) is 0 Å². The van der Waals surface area contributed by atoms with Crippen LogP contribution in [0.3, 0.4) is 0 Å². The van der Waals surface area contributed by atoms with Gasteiger partial charge in [-0.05, 0) is 29.3 Å². The highest BCUT2D eigenvalue weighted by atomic mass is 32.2. The Balaban J connectivity index is 2.10. The van der Waals surface area contributed by atoms with Gasteiger partial charge in [0.25, 0.3) is 0 Å². The molecule has 0 bridgehead atoms. The van der Waals surface area contributed by atoms with E-state index in [1.54, 1.807) is 0 Å². The van der Waals surface area contributed by atoms with Crippen LogP contribution in [-0.2, 0) is 6.54 Å². The molecule has 1 atom stereocenters. The Morgan fingerprint density at radius 2 is 2.05 bits per heavy atom. The van der Waals surface area contributed by atoms with E-state index in [2.05, 4.69) is 24.1 Å². The first-order chi connectivity index (χ1) is 9.87. The molecule has 0 saturated carbocycles. The van der Waals surface area contributed by atoms with Gasteiger partial charge in [-0.1, -0.05) is 32.0 Å².